The highest BCUT2D eigenvalue weighted by Gasteiger charge is 2.21. The van der Waals surface area contributed by atoms with E-state index < -0.39 is 5.97 Å². The average molecular weight is 355 g/mol. The molecule has 1 aromatic heterocycles. The van der Waals surface area contributed by atoms with Crippen LogP contribution in [0.25, 0.3) is 5.69 Å². The number of methoxy groups -OCH3 is 1. The molecule has 2 N–H and O–H groups in total. The summed E-state index contributed by atoms with van der Waals surface area (Å²) >= 11 is 9.24. The third-order valence-corrected chi connectivity index (χ3v) is 3.94. The van der Waals surface area contributed by atoms with E-state index in [0.29, 0.717) is 15.2 Å². The highest BCUT2D eigenvalue weighted by atomic mass is 79.9. The summed E-state index contributed by atoms with van der Waals surface area (Å²) < 4.78 is 6.87. The van der Waals surface area contributed by atoms with E-state index in [0.717, 1.165) is 0 Å². The summed E-state index contributed by atoms with van der Waals surface area (Å²) in [7, 11) is 1.25. The SMILES string of the molecule is COC(=O)c1c(N)c(C#N)cn1-c1ccc(Cl)c(Br)c1. The van der Waals surface area contributed by atoms with Gasteiger partial charge in [-0.15, -0.1) is 0 Å². The molecule has 0 bridgehead atoms. The van der Waals surface area contributed by atoms with Crippen LogP contribution >= 0.6 is 27.5 Å². The molecule has 0 amide bonds. The Bertz CT molecular complexity index is 734. The predicted molar refractivity (Wildman–Crippen MR) is 78.9 cm³/mol. The van der Waals surface area contributed by atoms with Crippen LogP contribution in [0.4, 0.5) is 5.69 Å². The van der Waals surface area contributed by atoms with E-state index in [1.165, 1.54) is 17.9 Å². The zero-order chi connectivity index (χ0) is 14.9. The summed E-state index contributed by atoms with van der Waals surface area (Å²) in [5, 5.41) is 9.57. The molecule has 0 radical (unpaired) electrons. The smallest absolute Gasteiger partial charge is 0.357 e. The number of aromatic nitrogens is 1. The van der Waals surface area contributed by atoms with Crippen molar-refractivity contribution in [1.82, 2.24) is 4.57 Å². The van der Waals surface area contributed by atoms with Crippen LogP contribution in [0.5, 0.6) is 0 Å². The lowest BCUT2D eigenvalue weighted by Gasteiger charge is -2.09. The fraction of sp³-hybridized carbons (Fsp3) is 0.0769. The number of rotatable bonds is 2. The highest BCUT2D eigenvalue weighted by Crippen LogP contribution is 2.29. The zero-order valence-electron chi connectivity index (χ0n) is 10.4. The van der Waals surface area contributed by atoms with E-state index in [4.69, 9.17) is 27.3 Å². The van der Waals surface area contributed by atoms with Gasteiger partial charge in [0.1, 0.15) is 6.07 Å². The fourth-order valence-electron chi connectivity index (χ4n) is 1.75. The number of carbonyl (C=O) groups excluding carboxylic acids is 1. The number of hydrogen-bond acceptors (Lipinski definition) is 4. The van der Waals surface area contributed by atoms with Crippen molar-refractivity contribution in [3.05, 3.63) is 45.1 Å². The first-order valence-electron chi connectivity index (χ1n) is 5.44. The molecule has 20 heavy (non-hydrogen) atoms. The number of nitrogen functional groups attached to an aromatic ring is 1. The monoisotopic (exact) mass is 353 g/mol. The average Bonchev–Trinajstić information content (AvgIpc) is 2.78. The second-order valence-corrected chi connectivity index (χ2v) is 5.14. The number of carbonyl (C=O) groups is 1. The van der Waals surface area contributed by atoms with Crippen molar-refractivity contribution >= 4 is 39.2 Å². The second kappa shape index (κ2) is 5.57. The maximum absolute atomic E-state index is 11.8. The van der Waals surface area contributed by atoms with Crippen LogP contribution in [0.1, 0.15) is 16.1 Å². The molecule has 5 nitrogen and oxygen atoms in total. The molecule has 2 aromatic rings. The molecule has 0 saturated heterocycles. The molecule has 0 aliphatic heterocycles. The van der Waals surface area contributed by atoms with Gasteiger partial charge in [0.05, 0.1) is 23.4 Å². The summed E-state index contributed by atoms with van der Waals surface area (Å²) in [6.07, 6.45) is 1.48. The molecular weight excluding hydrogens is 346 g/mol. The minimum Gasteiger partial charge on any atom is -0.464 e. The Morgan fingerprint density at radius 3 is 2.80 bits per heavy atom. The number of nitriles is 1. The quantitative estimate of drug-likeness (QED) is 0.840. The Morgan fingerprint density at radius 1 is 1.55 bits per heavy atom. The maximum Gasteiger partial charge on any atom is 0.357 e. The first-order chi connectivity index (χ1) is 9.49. The number of nitrogens with two attached hydrogens (primary N) is 1. The lowest BCUT2D eigenvalue weighted by molar-refractivity contribution is 0.0593. The molecule has 1 heterocycles. The zero-order valence-corrected chi connectivity index (χ0v) is 12.7. The Labute approximate surface area is 128 Å². The van der Waals surface area contributed by atoms with Gasteiger partial charge in [0.2, 0.25) is 0 Å². The molecule has 0 atom stereocenters. The van der Waals surface area contributed by atoms with E-state index in [2.05, 4.69) is 15.9 Å². The molecule has 102 valence electrons. The van der Waals surface area contributed by atoms with Crippen LogP contribution in [0.3, 0.4) is 0 Å². The van der Waals surface area contributed by atoms with Gasteiger partial charge in [-0.05, 0) is 34.1 Å². The maximum atomic E-state index is 11.8. The van der Waals surface area contributed by atoms with Crippen LogP contribution in [-0.4, -0.2) is 17.6 Å². The van der Waals surface area contributed by atoms with Crippen LogP contribution in [0.2, 0.25) is 5.02 Å². The van der Waals surface area contributed by atoms with Crippen molar-refractivity contribution in [2.75, 3.05) is 12.8 Å². The third-order valence-electron chi connectivity index (χ3n) is 2.72. The molecule has 7 heteroatoms. The molecule has 1 aromatic carbocycles. The van der Waals surface area contributed by atoms with Crippen LogP contribution < -0.4 is 5.73 Å². The molecule has 0 fully saturated rings. The molecular formula is C13H9BrClN3O2. The van der Waals surface area contributed by atoms with Crippen molar-refractivity contribution in [1.29, 1.82) is 5.26 Å². The summed E-state index contributed by atoms with van der Waals surface area (Å²) in [4.78, 5) is 11.8. The Morgan fingerprint density at radius 2 is 2.25 bits per heavy atom. The fourth-order valence-corrected chi connectivity index (χ4v) is 2.24. The Kier molecular flexibility index (Phi) is 4.02. The number of hydrogen-bond donors (Lipinski definition) is 1. The predicted octanol–water partition coefficient (Wildman–Crippen LogP) is 3.13. The summed E-state index contributed by atoms with van der Waals surface area (Å²) in [5.74, 6) is -0.616. The first kappa shape index (κ1) is 14.4. The lowest BCUT2D eigenvalue weighted by atomic mass is 10.2. The Balaban J connectivity index is 2.70. The van der Waals surface area contributed by atoms with E-state index in [1.807, 2.05) is 6.07 Å². The van der Waals surface area contributed by atoms with Gasteiger partial charge in [-0.1, -0.05) is 11.6 Å². The second-order valence-electron chi connectivity index (χ2n) is 3.88. The van der Waals surface area contributed by atoms with Crippen LogP contribution in [-0.2, 0) is 4.74 Å². The van der Waals surface area contributed by atoms with Gasteiger partial charge in [-0.3, -0.25) is 0 Å². The minimum absolute atomic E-state index is 0.0884. The van der Waals surface area contributed by atoms with Gasteiger partial charge in [0.15, 0.2) is 5.69 Å². The number of benzene rings is 1. The number of ether oxygens (including phenoxy) is 1. The van der Waals surface area contributed by atoms with Crippen molar-refractivity contribution in [2.24, 2.45) is 0 Å². The molecule has 0 unspecified atom stereocenters. The largest absolute Gasteiger partial charge is 0.464 e. The molecule has 0 aliphatic rings. The summed E-state index contributed by atoms with van der Waals surface area (Å²) in [5.41, 5.74) is 6.85. The minimum atomic E-state index is -0.616. The molecule has 0 spiro atoms. The van der Waals surface area contributed by atoms with Gasteiger partial charge >= 0.3 is 5.97 Å². The summed E-state index contributed by atoms with van der Waals surface area (Å²) in [6, 6.07) is 7.04. The van der Waals surface area contributed by atoms with Crippen molar-refractivity contribution in [3.63, 3.8) is 0 Å². The number of nitrogens with zero attached hydrogens (tertiary/aromatic N) is 2. The van der Waals surface area contributed by atoms with Gasteiger partial charge in [0, 0.05) is 16.4 Å². The molecule has 0 saturated carbocycles. The topological polar surface area (TPSA) is 81.0 Å². The van der Waals surface area contributed by atoms with Gasteiger partial charge in [-0.25, -0.2) is 4.79 Å². The normalized spacial score (nSPS) is 10.1. The van der Waals surface area contributed by atoms with Crippen molar-refractivity contribution in [2.45, 2.75) is 0 Å². The standard InChI is InChI=1S/C13H9BrClN3O2/c1-20-13(19)12-11(17)7(5-16)6-18(12)8-2-3-10(15)9(14)4-8/h2-4,6H,17H2,1H3. The van der Waals surface area contributed by atoms with E-state index >= 15 is 0 Å². The van der Waals surface area contributed by atoms with Crippen molar-refractivity contribution < 1.29 is 9.53 Å². The van der Waals surface area contributed by atoms with E-state index in [-0.39, 0.29) is 16.9 Å². The first-order valence-corrected chi connectivity index (χ1v) is 6.61. The summed E-state index contributed by atoms with van der Waals surface area (Å²) in [6.45, 7) is 0. The highest BCUT2D eigenvalue weighted by molar-refractivity contribution is 9.10. The number of halogens is 2. The molecule has 0 aliphatic carbocycles. The van der Waals surface area contributed by atoms with Gasteiger partial charge in [0.25, 0.3) is 0 Å². The third kappa shape index (κ3) is 2.38. The molecule has 2 rings (SSSR count). The van der Waals surface area contributed by atoms with Crippen LogP contribution in [0, 0.1) is 11.3 Å². The lowest BCUT2D eigenvalue weighted by Crippen LogP contribution is -2.11. The van der Waals surface area contributed by atoms with E-state index in [9.17, 15) is 4.79 Å². The number of esters is 1. The number of anilines is 1. The Hall–Kier alpha value is -1.97. The van der Waals surface area contributed by atoms with Gasteiger partial charge < -0.3 is 15.0 Å². The van der Waals surface area contributed by atoms with E-state index in [1.54, 1.807) is 18.2 Å². The van der Waals surface area contributed by atoms with Crippen LogP contribution in [0.15, 0.2) is 28.9 Å². The van der Waals surface area contributed by atoms with Crippen molar-refractivity contribution in [3.8, 4) is 11.8 Å². The van der Waals surface area contributed by atoms with Gasteiger partial charge in [-0.2, -0.15) is 5.26 Å².